The van der Waals surface area contributed by atoms with E-state index in [2.05, 4.69) is 24.4 Å². The summed E-state index contributed by atoms with van der Waals surface area (Å²) >= 11 is 0. The van der Waals surface area contributed by atoms with Gasteiger partial charge in [0.2, 0.25) is 0 Å². The van der Waals surface area contributed by atoms with E-state index in [1.54, 1.807) is 0 Å². The first-order chi connectivity index (χ1) is 4.86. The molecular formula is C9H12N+. The molecule has 1 heteroatoms. The summed E-state index contributed by atoms with van der Waals surface area (Å²) < 4.78 is 0. The van der Waals surface area contributed by atoms with E-state index in [9.17, 15) is 0 Å². The van der Waals surface area contributed by atoms with Gasteiger partial charge in [-0.1, -0.05) is 36.9 Å². The zero-order chi connectivity index (χ0) is 7.40. The first-order valence-corrected chi connectivity index (χ1v) is 3.37. The molecule has 0 heterocycles. The highest BCUT2D eigenvalue weighted by Gasteiger charge is 1.88. The Kier molecular flexibility index (Phi) is 2.24. The monoisotopic (exact) mass is 134 g/mol. The van der Waals surface area contributed by atoms with E-state index in [0.29, 0.717) is 0 Å². The highest BCUT2D eigenvalue weighted by Crippen LogP contribution is 2.03. The molecule has 0 aliphatic heterocycles. The third-order valence-electron chi connectivity index (χ3n) is 1.50. The Labute approximate surface area is 61.2 Å². The molecule has 1 nitrogen and oxygen atoms in total. The smallest absolute Gasteiger partial charge is 0.0997 e. The zero-order valence-electron chi connectivity index (χ0n) is 6.01. The largest absolute Gasteiger partial charge is 0.354 e. The van der Waals surface area contributed by atoms with Gasteiger partial charge in [0.25, 0.3) is 0 Å². The predicted octanol–water partition coefficient (Wildman–Crippen LogP) is 1.07. The molecule has 0 aliphatic carbocycles. The summed E-state index contributed by atoms with van der Waals surface area (Å²) in [5, 5.41) is 0. The first kappa shape index (κ1) is 7.03. The van der Waals surface area contributed by atoms with Crippen molar-refractivity contribution < 1.29 is 5.73 Å². The number of hydrogen-bond donors (Lipinski definition) is 1. The van der Waals surface area contributed by atoms with Crippen molar-refractivity contribution in [3.05, 3.63) is 42.0 Å². The molecule has 0 radical (unpaired) electrons. The molecule has 0 amide bonds. The molecule has 0 saturated heterocycles. The minimum Gasteiger partial charge on any atom is -0.354 e. The molecule has 1 aromatic rings. The molecule has 0 fully saturated rings. The van der Waals surface area contributed by atoms with Crippen LogP contribution < -0.4 is 5.73 Å². The number of rotatable bonds is 2. The molecule has 1 rings (SSSR count). The van der Waals surface area contributed by atoms with Gasteiger partial charge in [0.15, 0.2) is 0 Å². The van der Waals surface area contributed by atoms with Gasteiger partial charge in [0.05, 0.1) is 6.54 Å². The van der Waals surface area contributed by atoms with Gasteiger partial charge in [0.1, 0.15) is 0 Å². The van der Waals surface area contributed by atoms with E-state index in [1.165, 1.54) is 5.56 Å². The standard InChI is InChI=1S/C9H11N/c1-2-8-3-5-9(7-10)6-4-8/h2-6H,1,7,10H2/p+1. The van der Waals surface area contributed by atoms with Gasteiger partial charge < -0.3 is 5.73 Å². The maximum atomic E-state index is 3.79. The fourth-order valence-electron chi connectivity index (χ4n) is 0.820. The summed E-state index contributed by atoms with van der Waals surface area (Å²) in [6.45, 7) is 4.53. The van der Waals surface area contributed by atoms with Crippen molar-refractivity contribution in [2.75, 3.05) is 0 Å². The van der Waals surface area contributed by atoms with Gasteiger partial charge in [-0.15, -0.1) is 0 Å². The van der Waals surface area contributed by atoms with Crippen molar-refractivity contribution in [2.24, 2.45) is 0 Å². The van der Waals surface area contributed by atoms with E-state index in [1.807, 2.05) is 18.2 Å². The van der Waals surface area contributed by atoms with Gasteiger partial charge in [0, 0.05) is 5.56 Å². The van der Waals surface area contributed by atoms with Crippen LogP contribution >= 0.6 is 0 Å². The van der Waals surface area contributed by atoms with Crippen LogP contribution in [0.1, 0.15) is 11.1 Å². The molecule has 0 bridgehead atoms. The second kappa shape index (κ2) is 3.18. The predicted molar refractivity (Wildman–Crippen MR) is 43.1 cm³/mol. The van der Waals surface area contributed by atoms with E-state index < -0.39 is 0 Å². The van der Waals surface area contributed by atoms with Crippen molar-refractivity contribution in [2.45, 2.75) is 6.54 Å². The van der Waals surface area contributed by atoms with Crippen molar-refractivity contribution in [3.8, 4) is 0 Å². The molecule has 0 aromatic heterocycles. The molecule has 3 N–H and O–H groups in total. The number of quaternary nitrogens is 1. The molecule has 0 unspecified atom stereocenters. The Hall–Kier alpha value is -1.08. The summed E-state index contributed by atoms with van der Waals surface area (Å²) in [6, 6.07) is 8.25. The Morgan fingerprint density at radius 3 is 2.30 bits per heavy atom. The second-order valence-corrected chi connectivity index (χ2v) is 2.20. The van der Waals surface area contributed by atoms with Crippen LogP contribution in [0.25, 0.3) is 6.08 Å². The lowest BCUT2D eigenvalue weighted by molar-refractivity contribution is -0.386. The van der Waals surface area contributed by atoms with Crippen molar-refractivity contribution in [1.29, 1.82) is 0 Å². The first-order valence-electron chi connectivity index (χ1n) is 3.37. The number of benzene rings is 1. The van der Waals surface area contributed by atoms with Crippen LogP contribution in [0.4, 0.5) is 0 Å². The molecule has 0 aliphatic rings. The maximum absolute atomic E-state index is 3.79. The fraction of sp³-hybridized carbons (Fsp3) is 0.111. The van der Waals surface area contributed by atoms with Gasteiger partial charge >= 0.3 is 0 Å². The molecule has 0 atom stereocenters. The van der Waals surface area contributed by atoms with Crippen molar-refractivity contribution >= 4 is 6.08 Å². The second-order valence-electron chi connectivity index (χ2n) is 2.20. The Morgan fingerprint density at radius 1 is 1.30 bits per heavy atom. The Balaban J connectivity index is 2.90. The lowest BCUT2D eigenvalue weighted by Gasteiger charge is -1.93. The van der Waals surface area contributed by atoms with Crippen LogP contribution in [0.5, 0.6) is 0 Å². The highest BCUT2D eigenvalue weighted by atomic mass is 14.5. The molecule has 52 valence electrons. The third kappa shape index (κ3) is 1.45. The summed E-state index contributed by atoms with van der Waals surface area (Å²) in [4.78, 5) is 0. The molecule has 0 spiro atoms. The number of hydrogen-bond acceptors (Lipinski definition) is 0. The van der Waals surface area contributed by atoms with Gasteiger partial charge in [-0.25, -0.2) is 0 Å². The van der Waals surface area contributed by atoms with Crippen LogP contribution in [0.15, 0.2) is 30.8 Å². The van der Waals surface area contributed by atoms with Crippen molar-refractivity contribution in [1.82, 2.24) is 0 Å². The lowest BCUT2D eigenvalue weighted by atomic mass is 10.1. The van der Waals surface area contributed by atoms with E-state index in [-0.39, 0.29) is 0 Å². The van der Waals surface area contributed by atoms with Crippen LogP contribution in [0.3, 0.4) is 0 Å². The van der Waals surface area contributed by atoms with E-state index in [4.69, 9.17) is 0 Å². The molecule has 0 saturated carbocycles. The summed E-state index contributed by atoms with van der Waals surface area (Å²) in [5.74, 6) is 0. The summed E-state index contributed by atoms with van der Waals surface area (Å²) in [6.07, 6.45) is 1.84. The summed E-state index contributed by atoms with van der Waals surface area (Å²) in [7, 11) is 0. The van der Waals surface area contributed by atoms with E-state index >= 15 is 0 Å². The van der Waals surface area contributed by atoms with Crippen molar-refractivity contribution in [3.63, 3.8) is 0 Å². The molecular weight excluding hydrogens is 122 g/mol. The topological polar surface area (TPSA) is 27.6 Å². The third-order valence-corrected chi connectivity index (χ3v) is 1.50. The molecule has 1 aromatic carbocycles. The van der Waals surface area contributed by atoms with Gasteiger partial charge in [-0.3, -0.25) is 0 Å². The van der Waals surface area contributed by atoms with Crippen LogP contribution in [-0.4, -0.2) is 0 Å². The Bertz CT molecular complexity index is 211. The average Bonchev–Trinajstić information content (AvgIpc) is 2.05. The minimum atomic E-state index is 0.859. The quantitative estimate of drug-likeness (QED) is 0.626. The van der Waals surface area contributed by atoms with Crippen LogP contribution in [0, 0.1) is 0 Å². The zero-order valence-corrected chi connectivity index (χ0v) is 6.01. The lowest BCUT2D eigenvalue weighted by Crippen LogP contribution is -2.47. The highest BCUT2D eigenvalue weighted by molar-refractivity contribution is 5.46. The minimum absolute atomic E-state index is 0.859. The van der Waals surface area contributed by atoms with E-state index in [0.717, 1.165) is 12.1 Å². The van der Waals surface area contributed by atoms with Crippen LogP contribution in [-0.2, 0) is 6.54 Å². The van der Waals surface area contributed by atoms with Gasteiger partial charge in [-0.2, -0.15) is 0 Å². The fourth-order valence-corrected chi connectivity index (χ4v) is 0.820. The normalized spacial score (nSPS) is 9.30. The maximum Gasteiger partial charge on any atom is 0.0997 e. The van der Waals surface area contributed by atoms with Gasteiger partial charge in [-0.05, 0) is 5.56 Å². The van der Waals surface area contributed by atoms with Crippen LogP contribution in [0.2, 0.25) is 0 Å². The Morgan fingerprint density at radius 2 is 1.90 bits per heavy atom. The summed E-state index contributed by atoms with van der Waals surface area (Å²) in [5.41, 5.74) is 6.22. The average molecular weight is 134 g/mol. The SMILES string of the molecule is C=Cc1ccc(C[NH3+])cc1. The molecule has 10 heavy (non-hydrogen) atoms.